The quantitative estimate of drug-likeness (QED) is 0.0336. The molecule has 0 aromatic rings. The summed E-state index contributed by atoms with van der Waals surface area (Å²) in [4.78, 5) is 226. The van der Waals surface area contributed by atoms with Crippen LogP contribution in [0.2, 0.25) is 0 Å². The van der Waals surface area contributed by atoms with Crippen molar-refractivity contribution in [3.05, 3.63) is 0 Å². The van der Waals surface area contributed by atoms with Crippen LogP contribution >= 0.6 is 21.6 Å². The van der Waals surface area contributed by atoms with Gasteiger partial charge in [-0.3, -0.25) is 76.9 Å². The number of guanidine groups is 1. The number of fused-ring (bicyclic) bond motifs is 8. The molecule has 0 aromatic heterocycles. The van der Waals surface area contributed by atoms with Gasteiger partial charge in [0.15, 0.2) is 5.96 Å². The number of carboxylic acids is 1. The topological polar surface area (TPSA) is 523 Å². The lowest BCUT2D eigenvalue weighted by atomic mass is 9.87. The monoisotopic (exact) mass is 1520 g/mol. The van der Waals surface area contributed by atoms with Crippen LogP contribution in [0.3, 0.4) is 0 Å². The fourth-order valence-corrected chi connectivity index (χ4v) is 15.9. The Hall–Kier alpha value is -8.06. The third-order valence-electron chi connectivity index (χ3n) is 19.8. The molecule has 0 spiro atoms. The Balaban J connectivity index is 1.72. The van der Waals surface area contributed by atoms with E-state index in [2.05, 4.69) is 63.5 Å². The Labute approximate surface area is 621 Å². The van der Waals surface area contributed by atoms with E-state index in [1.54, 1.807) is 76.2 Å². The highest BCUT2D eigenvalue weighted by Gasteiger charge is 2.49. The number of hydrogen-bond acceptors (Lipinski definition) is 20. The van der Waals surface area contributed by atoms with Gasteiger partial charge in [-0.05, 0) is 101 Å². The van der Waals surface area contributed by atoms with Gasteiger partial charge in [-0.15, -0.1) is 0 Å². The molecular formula is C68H113N17O18S2. The van der Waals surface area contributed by atoms with Gasteiger partial charge >= 0.3 is 5.97 Å². The highest BCUT2D eigenvalue weighted by molar-refractivity contribution is 8.77. The largest absolute Gasteiger partial charge is 0.481 e. The van der Waals surface area contributed by atoms with E-state index in [4.69, 9.17) is 11.5 Å². The number of rotatable bonds is 15. The van der Waals surface area contributed by atoms with Gasteiger partial charge in [-0.25, -0.2) is 0 Å². The molecule has 2 bridgehead atoms. The number of aliphatic imine (C=N–C) groups is 1. The van der Waals surface area contributed by atoms with Crippen LogP contribution in [-0.4, -0.2) is 260 Å². The first-order chi connectivity index (χ1) is 49.4. The Kier molecular flexibility index (Phi) is 33.9. The summed E-state index contributed by atoms with van der Waals surface area (Å²) in [7, 11) is 1.81. The second-order valence-corrected chi connectivity index (χ2v) is 32.6. The molecule has 35 nitrogen and oxygen atoms in total. The molecule has 0 radical (unpaired) electrons. The van der Waals surface area contributed by atoms with E-state index in [0.717, 1.165) is 21.6 Å². The fourth-order valence-electron chi connectivity index (χ4n) is 13.1. The fraction of sp³-hybridized carbons (Fsp3) is 0.765. The maximum Gasteiger partial charge on any atom is 0.305 e. The highest BCUT2D eigenvalue weighted by atomic mass is 33.1. The van der Waals surface area contributed by atoms with Gasteiger partial charge in [0.1, 0.15) is 78.5 Å². The van der Waals surface area contributed by atoms with E-state index in [0.29, 0.717) is 12.8 Å². The van der Waals surface area contributed by atoms with Crippen LogP contribution in [0.25, 0.3) is 0 Å². The molecular weight excluding hydrogens is 1410 g/mol. The van der Waals surface area contributed by atoms with Crippen LogP contribution in [0.15, 0.2) is 4.99 Å². The van der Waals surface area contributed by atoms with Gasteiger partial charge in [-0.2, -0.15) is 0 Å². The number of aliphatic carboxylic acids is 1. The van der Waals surface area contributed by atoms with Crippen molar-refractivity contribution in [2.45, 2.75) is 256 Å². The predicted octanol–water partition coefficient (Wildman–Crippen LogP) is -3.02. The van der Waals surface area contributed by atoms with Gasteiger partial charge in [0, 0.05) is 49.6 Å². The molecule has 590 valence electrons. The first-order valence-corrected chi connectivity index (χ1v) is 38.8. The number of nitrogens with zero attached hydrogens (tertiary/aromatic N) is 4. The minimum atomic E-state index is -1.91. The number of hydrogen-bond donors (Lipinski definition) is 16. The van der Waals surface area contributed by atoms with E-state index < -0.39 is 221 Å². The second-order valence-electron chi connectivity index (χ2n) is 29.6. The van der Waals surface area contributed by atoms with Crippen molar-refractivity contribution >= 4 is 116 Å². The van der Waals surface area contributed by atoms with Crippen molar-refractivity contribution in [1.82, 2.24) is 73.2 Å². The first kappa shape index (κ1) is 87.6. The van der Waals surface area contributed by atoms with Gasteiger partial charge in [0.2, 0.25) is 82.7 Å². The highest BCUT2D eigenvalue weighted by Crippen LogP contribution is 2.39. The molecule has 5 aliphatic heterocycles. The average molecular weight is 1520 g/mol. The van der Waals surface area contributed by atoms with Crippen LogP contribution in [0.1, 0.15) is 172 Å². The zero-order valence-electron chi connectivity index (χ0n) is 62.2. The Bertz CT molecular complexity index is 3170. The molecule has 105 heavy (non-hydrogen) atoms. The third kappa shape index (κ3) is 25.0. The standard InChI is InChI=1S/C68H113N17O18S2/c1-12-35(4)49-60(98)78-43-34-104-105-68(10,11)52(62(100)81-51(37(6)14-3)65(103)84-28-18-21-44(84)58(96)74-39(30-48(89)90)53(91)71-25-16-24-47(88)79-49)82-61(99)50(36(5)13-2)80-59(97)45-22-17-27-83(45)64(102)46-23-19-29-85(46)63(101)40(31-67(7,8)9)75-56(94)42(33-87)76-54(92)38(20-15-26-72-66(69)70)73-55(93)41(32-86)77-57(43)95/h35-46,49-52,86-87H,12-34H2,1-11H3,(H,71,91)(H,73,93)(H,74,96)(H,75,94)(H,76,92)(H,77,95)(H,78,98)(H,79,88)(H,80,97)(H,81,100)(H,82,99)(H,89,90)(H4,69,70,72)/t35-,36-,37-,38-,39-,40-,41-,42-,43-,44-,45-,46-,49-,50-,51-,52+/m0/s1. The van der Waals surface area contributed by atoms with E-state index in [1.165, 1.54) is 14.7 Å². The summed E-state index contributed by atoms with van der Waals surface area (Å²) in [6.07, 6.45) is 0.713. The number of nitrogens with one attached hydrogen (secondary N) is 11. The van der Waals surface area contributed by atoms with Crippen LogP contribution < -0.4 is 70.0 Å². The zero-order chi connectivity index (χ0) is 78.4. The number of carbonyl (C=O) groups excluding carboxylic acids is 14. The smallest absolute Gasteiger partial charge is 0.305 e. The van der Waals surface area contributed by atoms with E-state index in [9.17, 15) is 72.9 Å². The van der Waals surface area contributed by atoms with Crippen molar-refractivity contribution in [3.8, 4) is 0 Å². The molecule has 0 unspecified atom stereocenters. The van der Waals surface area contributed by atoms with Crippen LogP contribution in [0.4, 0.5) is 0 Å². The number of carboxylic acid groups (broad SMARTS) is 1. The molecule has 5 aliphatic rings. The summed E-state index contributed by atoms with van der Waals surface area (Å²) < 4.78 is -1.55. The minimum absolute atomic E-state index is 0.00204. The first-order valence-electron chi connectivity index (χ1n) is 36.4. The van der Waals surface area contributed by atoms with Gasteiger partial charge in [0.05, 0.1) is 19.6 Å². The molecule has 37 heteroatoms. The van der Waals surface area contributed by atoms with E-state index >= 15 is 14.4 Å². The van der Waals surface area contributed by atoms with Crippen molar-refractivity contribution in [1.29, 1.82) is 0 Å². The molecule has 0 aromatic carbocycles. The number of amides is 14. The second kappa shape index (κ2) is 40.6. The Morgan fingerprint density at radius 2 is 1.01 bits per heavy atom. The van der Waals surface area contributed by atoms with E-state index in [-0.39, 0.29) is 116 Å². The number of aliphatic hydroxyl groups excluding tert-OH is 2. The maximum atomic E-state index is 15.6. The summed E-state index contributed by atoms with van der Waals surface area (Å²) in [6, 6.07) is -19.4. The molecule has 5 saturated heterocycles. The summed E-state index contributed by atoms with van der Waals surface area (Å²) in [5.41, 5.74) is 10.5. The molecule has 14 amide bonds. The van der Waals surface area contributed by atoms with Crippen molar-refractivity contribution in [2.75, 3.05) is 51.7 Å². The molecule has 18 N–H and O–H groups in total. The molecule has 5 heterocycles. The minimum Gasteiger partial charge on any atom is -0.481 e. The summed E-state index contributed by atoms with van der Waals surface area (Å²) >= 11 is 0. The summed E-state index contributed by atoms with van der Waals surface area (Å²) in [5, 5.41) is 60.5. The molecule has 0 aliphatic carbocycles. The number of nitrogens with two attached hydrogens (primary N) is 2. The normalized spacial score (nSPS) is 29.5. The van der Waals surface area contributed by atoms with Crippen LogP contribution in [-0.2, 0) is 71.9 Å². The molecule has 0 saturated carbocycles. The molecule has 16 atom stereocenters. The van der Waals surface area contributed by atoms with Crippen LogP contribution in [0.5, 0.6) is 0 Å². The van der Waals surface area contributed by atoms with Gasteiger partial charge in [0.25, 0.3) is 0 Å². The number of aliphatic hydroxyl groups is 2. The predicted molar refractivity (Wildman–Crippen MR) is 389 cm³/mol. The Morgan fingerprint density at radius 1 is 0.543 bits per heavy atom. The third-order valence-corrected chi connectivity index (χ3v) is 23.1. The SMILES string of the molecule is CC[C@H](C)[C@@H]1NC(=O)CCCNC(=O)[C@H](CC(=O)O)NC(=O)[C@@H]2CCCN2C(=O)[C@H]([C@@H](C)CC)NC(=O)[C@H]2NC(=O)[C@H]([C@@H](C)CC)NC(=O)[C@@H]3CCCN3C(=O)[C@@H]3CCCN3C(=O)[C@H](CC(C)(C)C)NC(=O)[C@H](CO)NC(=O)[C@H](CCCN=C(N)N)NC(=O)[C@H](CO)NC(=O)[C@H](CSSC2(C)C)NC1=O. The van der Waals surface area contributed by atoms with E-state index in [1.807, 2.05) is 0 Å². The maximum absolute atomic E-state index is 15.6. The lowest BCUT2D eigenvalue weighted by Gasteiger charge is -2.37. The average Bonchev–Trinajstić information content (AvgIpc) is 1.75. The van der Waals surface area contributed by atoms with Crippen LogP contribution in [0, 0.1) is 23.2 Å². The summed E-state index contributed by atoms with van der Waals surface area (Å²) in [6.45, 7) is 16.5. The molecule has 5 fully saturated rings. The van der Waals surface area contributed by atoms with Crippen molar-refractivity contribution in [2.24, 2.45) is 39.6 Å². The van der Waals surface area contributed by atoms with Crippen molar-refractivity contribution < 1.29 is 87.2 Å². The Morgan fingerprint density at radius 3 is 1.55 bits per heavy atom. The van der Waals surface area contributed by atoms with Gasteiger partial charge in [-0.1, -0.05) is 103 Å². The van der Waals surface area contributed by atoms with Crippen molar-refractivity contribution in [3.63, 3.8) is 0 Å². The molecule has 5 rings (SSSR count). The lowest BCUT2D eigenvalue weighted by molar-refractivity contribution is -0.148. The lowest BCUT2D eigenvalue weighted by Crippen LogP contribution is -2.64. The van der Waals surface area contributed by atoms with Gasteiger partial charge < -0.3 is 100.0 Å². The summed E-state index contributed by atoms with van der Waals surface area (Å²) in [5.74, 6) is -16.4. The number of carbonyl (C=O) groups is 15. The zero-order valence-corrected chi connectivity index (χ0v) is 63.9.